The van der Waals surface area contributed by atoms with Crippen molar-refractivity contribution in [3.63, 3.8) is 0 Å². The number of ether oxygens (including phenoxy) is 1. The van der Waals surface area contributed by atoms with E-state index in [1.165, 1.54) is 5.56 Å². The van der Waals surface area contributed by atoms with Crippen molar-refractivity contribution < 1.29 is 4.74 Å². The van der Waals surface area contributed by atoms with E-state index < -0.39 is 0 Å². The van der Waals surface area contributed by atoms with Crippen LogP contribution in [0.25, 0.3) is 0 Å². The molecule has 1 rings (SSSR count). The number of hydrogen-bond donors (Lipinski definition) is 1. The second-order valence-electron chi connectivity index (χ2n) is 6.80. The zero-order valence-corrected chi connectivity index (χ0v) is 15.2. The standard InChI is InChI=1S/C17H28BrNO/c1-12(2)19-11-14(17(3,4)5)9-13-7-8-16(20-6)15(18)10-13/h7-8,10,12,14,19H,9,11H2,1-6H3. The highest BCUT2D eigenvalue weighted by atomic mass is 79.9. The third-order valence-electron chi connectivity index (χ3n) is 3.70. The summed E-state index contributed by atoms with van der Waals surface area (Å²) in [5.41, 5.74) is 1.64. The van der Waals surface area contributed by atoms with Crippen molar-refractivity contribution in [1.29, 1.82) is 0 Å². The van der Waals surface area contributed by atoms with E-state index >= 15 is 0 Å². The molecule has 1 N–H and O–H groups in total. The molecule has 2 nitrogen and oxygen atoms in total. The molecule has 0 aliphatic heterocycles. The molecule has 0 heterocycles. The van der Waals surface area contributed by atoms with Crippen molar-refractivity contribution in [2.45, 2.75) is 47.1 Å². The number of hydrogen-bond acceptors (Lipinski definition) is 2. The highest BCUT2D eigenvalue weighted by molar-refractivity contribution is 9.10. The fourth-order valence-corrected chi connectivity index (χ4v) is 2.77. The normalized spacial score (nSPS) is 13.6. The summed E-state index contributed by atoms with van der Waals surface area (Å²) in [5.74, 6) is 1.49. The van der Waals surface area contributed by atoms with Gasteiger partial charge < -0.3 is 10.1 Å². The molecular weight excluding hydrogens is 314 g/mol. The molecule has 0 bridgehead atoms. The third-order valence-corrected chi connectivity index (χ3v) is 4.32. The minimum Gasteiger partial charge on any atom is -0.496 e. The monoisotopic (exact) mass is 341 g/mol. The van der Waals surface area contributed by atoms with Gasteiger partial charge in [0.25, 0.3) is 0 Å². The van der Waals surface area contributed by atoms with Crippen LogP contribution in [0.15, 0.2) is 22.7 Å². The summed E-state index contributed by atoms with van der Waals surface area (Å²) < 4.78 is 6.32. The van der Waals surface area contributed by atoms with E-state index in [1.54, 1.807) is 7.11 Å². The quantitative estimate of drug-likeness (QED) is 0.812. The van der Waals surface area contributed by atoms with Gasteiger partial charge in [0.05, 0.1) is 11.6 Å². The van der Waals surface area contributed by atoms with Gasteiger partial charge in [-0.3, -0.25) is 0 Å². The van der Waals surface area contributed by atoms with Crippen LogP contribution < -0.4 is 10.1 Å². The van der Waals surface area contributed by atoms with Crippen molar-refractivity contribution in [3.8, 4) is 5.75 Å². The van der Waals surface area contributed by atoms with Gasteiger partial charge in [-0.2, -0.15) is 0 Å². The van der Waals surface area contributed by atoms with E-state index in [2.05, 4.69) is 68.0 Å². The Balaban J connectivity index is 2.81. The Morgan fingerprint density at radius 1 is 1.25 bits per heavy atom. The van der Waals surface area contributed by atoms with Gasteiger partial charge in [0, 0.05) is 6.04 Å². The van der Waals surface area contributed by atoms with Crippen LogP contribution >= 0.6 is 15.9 Å². The molecule has 114 valence electrons. The van der Waals surface area contributed by atoms with E-state index in [1.807, 2.05) is 6.07 Å². The Labute approximate surface area is 132 Å². The summed E-state index contributed by atoms with van der Waals surface area (Å²) in [6.45, 7) is 12.4. The second kappa shape index (κ2) is 7.46. The van der Waals surface area contributed by atoms with Gasteiger partial charge >= 0.3 is 0 Å². The van der Waals surface area contributed by atoms with Crippen molar-refractivity contribution in [1.82, 2.24) is 5.32 Å². The zero-order chi connectivity index (χ0) is 15.3. The summed E-state index contributed by atoms with van der Waals surface area (Å²) in [5, 5.41) is 3.57. The van der Waals surface area contributed by atoms with E-state index in [4.69, 9.17) is 4.74 Å². The molecule has 1 atom stereocenters. The maximum Gasteiger partial charge on any atom is 0.133 e. The number of halogens is 1. The molecule has 0 aromatic heterocycles. The second-order valence-corrected chi connectivity index (χ2v) is 7.65. The van der Waals surface area contributed by atoms with Crippen LogP contribution in [0.4, 0.5) is 0 Å². The minimum absolute atomic E-state index is 0.286. The minimum atomic E-state index is 0.286. The lowest BCUT2D eigenvalue weighted by Gasteiger charge is -2.32. The summed E-state index contributed by atoms with van der Waals surface area (Å²) in [4.78, 5) is 0. The summed E-state index contributed by atoms with van der Waals surface area (Å²) >= 11 is 3.57. The van der Waals surface area contributed by atoms with Gasteiger partial charge in [-0.05, 0) is 57.9 Å². The molecule has 1 aromatic carbocycles. The van der Waals surface area contributed by atoms with E-state index in [-0.39, 0.29) is 5.41 Å². The molecular formula is C17H28BrNO. The number of nitrogens with one attached hydrogen (secondary N) is 1. The molecule has 20 heavy (non-hydrogen) atoms. The molecule has 0 saturated heterocycles. The Morgan fingerprint density at radius 2 is 1.90 bits per heavy atom. The maximum absolute atomic E-state index is 5.29. The topological polar surface area (TPSA) is 21.3 Å². The Bertz CT molecular complexity index is 423. The molecule has 0 radical (unpaired) electrons. The molecule has 0 saturated carbocycles. The molecule has 0 fully saturated rings. The van der Waals surface area contributed by atoms with Gasteiger partial charge in [0.2, 0.25) is 0 Å². The Hall–Kier alpha value is -0.540. The van der Waals surface area contributed by atoms with Gasteiger partial charge in [0.1, 0.15) is 5.75 Å². The third kappa shape index (κ3) is 5.45. The number of benzene rings is 1. The van der Waals surface area contributed by atoms with Gasteiger partial charge in [-0.1, -0.05) is 40.7 Å². The SMILES string of the molecule is COc1ccc(CC(CNC(C)C)C(C)(C)C)cc1Br. The first-order valence-corrected chi connectivity index (χ1v) is 8.09. The van der Waals surface area contributed by atoms with Gasteiger partial charge in [-0.25, -0.2) is 0 Å². The molecule has 0 spiro atoms. The summed E-state index contributed by atoms with van der Waals surface area (Å²) in [6.07, 6.45) is 1.08. The Kier molecular flexibility index (Phi) is 6.53. The van der Waals surface area contributed by atoms with Crippen LogP contribution in [0, 0.1) is 11.3 Å². The fraction of sp³-hybridized carbons (Fsp3) is 0.647. The number of rotatable bonds is 6. The molecule has 0 aliphatic carbocycles. The van der Waals surface area contributed by atoms with Crippen LogP contribution in [0.3, 0.4) is 0 Å². The molecule has 1 unspecified atom stereocenters. The lowest BCUT2D eigenvalue weighted by atomic mass is 9.77. The first-order chi connectivity index (χ1) is 9.24. The van der Waals surface area contributed by atoms with Crippen LogP contribution in [0.1, 0.15) is 40.2 Å². The molecule has 1 aromatic rings. The molecule has 0 amide bonds. The van der Waals surface area contributed by atoms with Crippen molar-refractivity contribution >= 4 is 15.9 Å². The lowest BCUT2D eigenvalue weighted by molar-refractivity contribution is 0.226. The first kappa shape index (κ1) is 17.5. The van der Waals surface area contributed by atoms with Crippen LogP contribution in [0.2, 0.25) is 0 Å². The largest absolute Gasteiger partial charge is 0.496 e. The van der Waals surface area contributed by atoms with Crippen molar-refractivity contribution in [2.75, 3.05) is 13.7 Å². The van der Waals surface area contributed by atoms with Crippen LogP contribution in [0.5, 0.6) is 5.75 Å². The van der Waals surface area contributed by atoms with Crippen molar-refractivity contribution in [3.05, 3.63) is 28.2 Å². The predicted octanol–water partition coefficient (Wildman–Crippen LogP) is 4.66. The van der Waals surface area contributed by atoms with Crippen LogP contribution in [-0.4, -0.2) is 19.7 Å². The van der Waals surface area contributed by atoms with E-state index in [0.29, 0.717) is 12.0 Å². The summed E-state index contributed by atoms with van der Waals surface area (Å²) in [6, 6.07) is 6.90. The zero-order valence-electron chi connectivity index (χ0n) is 13.6. The van der Waals surface area contributed by atoms with Gasteiger partial charge in [-0.15, -0.1) is 0 Å². The lowest BCUT2D eigenvalue weighted by Crippen LogP contribution is -2.36. The van der Waals surface area contributed by atoms with Crippen molar-refractivity contribution in [2.24, 2.45) is 11.3 Å². The van der Waals surface area contributed by atoms with E-state index in [0.717, 1.165) is 23.2 Å². The number of methoxy groups -OCH3 is 1. The highest BCUT2D eigenvalue weighted by Gasteiger charge is 2.25. The van der Waals surface area contributed by atoms with E-state index in [9.17, 15) is 0 Å². The first-order valence-electron chi connectivity index (χ1n) is 7.30. The average Bonchev–Trinajstić information content (AvgIpc) is 2.33. The maximum atomic E-state index is 5.29. The fourth-order valence-electron chi connectivity index (χ4n) is 2.18. The molecule has 3 heteroatoms. The summed E-state index contributed by atoms with van der Waals surface area (Å²) in [7, 11) is 1.70. The Morgan fingerprint density at radius 3 is 2.35 bits per heavy atom. The highest BCUT2D eigenvalue weighted by Crippen LogP contribution is 2.31. The van der Waals surface area contributed by atoms with Crippen LogP contribution in [-0.2, 0) is 6.42 Å². The predicted molar refractivity (Wildman–Crippen MR) is 90.5 cm³/mol. The molecule has 0 aliphatic rings. The smallest absolute Gasteiger partial charge is 0.133 e. The van der Waals surface area contributed by atoms with Gasteiger partial charge in [0.15, 0.2) is 0 Å². The average molecular weight is 342 g/mol.